The number of halogens is 3. The number of rotatable bonds is 9. The van der Waals surface area contributed by atoms with Gasteiger partial charge in [0.15, 0.2) is 11.5 Å². The van der Waals surface area contributed by atoms with Gasteiger partial charge in [-0.25, -0.2) is 14.5 Å². The van der Waals surface area contributed by atoms with Crippen LogP contribution in [0.5, 0.6) is 5.88 Å². The zero-order chi connectivity index (χ0) is 29.5. The largest absolute Gasteiger partial charge is 0.469 e. The second kappa shape index (κ2) is 10.9. The molecule has 0 aliphatic carbocycles. The van der Waals surface area contributed by atoms with Crippen molar-refractivity contribution in [3.63, 3.8) is 0 Å². The topological polar surface area (TPSA) is 129 Å². The number of carbonyl (C=O) groups is 1. The number of fused-ring (bicyclic) bond motifs is 1. The van der Waals surface area contributed by atoms with Gasteiger partial charge in [-0.05, 0) is 30.5 Å². The first-order valence-corrected chi connectivity index (χ1v) is 13.4. The van der Waals surface area contributed by atoms with E-state index in [0.717, 1.165) is 12.1 Å². The molecular weight excluding hydrogens is 543 g/mol. The number of benzene rings is 1. The molecule has 1 amide bonds. The van der Waals surface area contributed by atoms with Crippen LogP contribution in [-0.2, 0) is 31.1 Å². The highest BCUT2D eigenvalue weighted by Gasteiger charge is 2.36. The fourth-order valence-corrected chi connectivity index (χ4v) is 5.11. The lowest BCUT2D eigenvalue weighted by molar-refractivity contribution is -0.137. The molecule has 1 fully saturated rings. The van der Waals surface area contributed by atoms with Gasteiger partial charge in [-0.2, -0.15) is 18.3 Å². The summed E-state index contributed by atoms with van der Waals surface area (Å²) in [5.41, 5.74) is -0.763. The van der Waals surface area contributed by atoms with Crippen molar-refractivity contribution in [2.45, 2.75) is 58.5 Å². The van der Waals surface area contributed by atoms with E-state index in [4.69, 9.17) is 4.74 Å². The molecule has 4 aromatic rings. The Morgan fingerprint density at radius 2 is 1.83 bits per heavy atom. The predicted molar refractivity (Wildman–Crippen MR) is 143 cm³/mol. The van der Waals surface area contributed by atoms with E-state index in [1.165, 1.54) is 25.9 Å². The number of hydrogen-bond acceptors (Lipinski definition) is 6. The molecule has 3 aromatic heterocycles. The summed E-state index contributed by atoms with van der Waals surface area (Å²) in [5.74, 6) is -0.183. The maximum Gasteiger partial charge on any atom is 0.416 e. The molecule has 5 rings (SSSR count). The third-order valence-electron chi connectivity index (χ3n) is 7.06. The summed E-state index contributed by atoms with van der Waals surface area (Å²) in [6.45, 7) is 4.67. The number of hydrogen-bond donors (Lipinski definition) is 2. The molecule has 14 heteroatoms. The van der Waals surface area contributed by atoms with Crippen LogP contribution in [0.2, 0.25) is 0 Å². The van der Waals surface area contributed by atoms with E-state index < -0.39 is 35.0 Å². The number of imidazole rings is 1. The molecule has 2 N–H and O–H groups in total. The highest BCUT2D eigenvalue weighted by Crippen LogP contribution is 2.37. The molecule has 2 atom stereocenters. The first kappa shape index (κ1) is 28.2. The summed E-state index contributed by atoms with van der Waals surface area (Å²) in [5, 5.41) is 7.16. The molecule has 4 heterocycles. The number of aromatic amines is 1. The molecule has 0 spiro atoms. The fraction of sp³-hybridized carbons (Fsp3) is 0.444. The van der Waals surface area contributed by atoms with E-state index >= 15 is 0 Å². The molecule has 41 heavy (non-hydrogen) atoms. The third kappa shape index (κ3) is 5.37. The van der Waals surface area contributed by atoms with Crippen LogP contribution in [0.4, 0.5) is 13.2 Å². The highest BCUT2D eigenvalue weighted by molar-refractivity contribution is 5.78. The van der Waals surface area contributed by atoms with Crippen LogP contribution in [0.25, 0.3) is 22.7 Å². The van der Waals surface area contributed by atoms with Gasteiger partial charge in [0, 0.05) is 45.1 Å². The van der Waals surface area contributed by atoms with Crippen molar-refractivity contribution in [2.24, 2.45) is 13.0 Å². The van der Waals surface area contributed by atoms with Crippen LogP contribution in [0.1, 0.15) is 50.3 Å². The molecule has 0 bridgehead atoms. The Labute approximate surface area is 232 Å². The molecule has 11 nitrogen and oxygen atoms in total. The highest BCUT2D eigenvalue weighted by atomic mass is 19.4. The van der Waals surface area contributed by atoms with Gasteiger partial charge in [-0.15, -0.1) is 0 Å². The van der Waals surface area contributed by atoms with Crippen molar-refractivity contribution in [2.75, 3.05) is 6.54 Å². The number of carbonyl (C=O) groups excluding carboxylic acids is 1. The smallest absolute Gasteiger partial charge is 0.416 e. The number of aromatic nitrogens is 6. The average Bonchev–Trinajstić information content (AvgIpc) is 3.66. The lowest BCUT2D eigenvalue weighted by atomic mass is 9.93. The quantitative estimate of drug-likeness (QED) is 0.316. The molecule has 2 unspecified atom stereocenters. The molecule has 218 valence electrons. The Bertz CT molecular complexity index is 1720. The van der Waals surface area contributed by atoms with E-state index in [2.05, 4.69) is 20.4 Å². The zero-order valence-corrected chi connectivity index (χ0v) is 22.8. The van der Waals surface area contributed by atoms with E-state index in [-0.39, 0.29) is 53.8 Å². The molecule has 1 aliphatic rings. The monoisotopic (exact) mass is 573 g/mol. The number of nitrogens with zero attached hydrogens (tertiary/aromatic N) is 5. The fourth-order valence-electron chi connectivity index (χ4n) is 5.11. The average molecular weight is 574 g/mol. The molecule has 0 saturated carbocycles. The van der Waals surface area contributed by atoms with E-state index in [1.807, 2.05) is 13.8 Å². The molecule has 1 aromatic carbocycles. The van der Waals surface area contributed by atoms with Gasteiger partial charge in [0.2, 0.25) is 11.8 Å². The number of ether oxygens (including phenoxy) is 1. The first-order valence-electron chi connectivity index (χ1n) is 13.4. The maximum atomic E-state index is 13.5. The van der Waals surface area contributed by atoms with Crippen molar-refractivity contribution in [1.29, 1.82) is 0 Å². The number of H-pyrrole nitrogens is 1. The van der Waals surface area contributed by atoms with Gasteiger partial charge in [-0.1, -0.05) is 26.0 Å². The van der Waals surface area contributed by atoms with E-state index in [9.17, 15) is 27.6 Å². The van der Waals surface area contributed by atoms with Gasteiger partial charge in [0.25, 0.3) is 5.56 Å². The minimum Gasteiger partial charge on any atom is -0.469 e. The molecule has 1 aliphatic heterocycles. The van der Waals surface area contributed by atoms with Gasteiger partial charge in [-0.3, -0.25) is 18.7 Å². The lowest BCUT2D eigenvalue weighted by Gasteiger charge is -2.24. The molecular formula is C27H30F3N7O4. The van der Waals surface area contributed by atoms with Gasteiger partial charge in [0.05, 0.1) is 5.56 Å². The predicted octanol–water partition coefficient (Wildman–Crippen LogP) is 3.38. The number of alkyl halides is 3. The maximum absolute atomic E-state index is 13.5. The second-order valence-corrected chi connectivity index (χ2v) is 10.1. The standard InChI is InChI=1S/C27H30F3N7O4/c1-4-9-36-24-21(25(39)37(10-5-2)26(36)40)32-23(33-24)18-13-20(35(3)34-18)41-22(16-12-19(38)31-14-16)15-7-6-8-17(11-15)27(28,29)30/h6-8,11,13,16,22H,4-5,9-10,12,14H2,1-3H3,(H,31,38)(H,32,33). The van der Waals surface area contributed by atoms with Crippen molar-refractivity contribution >= 4 is 17.1 Å². The van der Waals surface area contributed by atoms with Gasteiger partial charge >= 0.3 is 11.9 Å². The van der Waals surface area contributed by atoms with Crippen LogP contribution in [-0.4, -0.2) is 41.3 Å². The zero-order valence-electron chi connectivity index (χ0n) is 22.8. The summed E-state index contributed by atoms with van der Waals surface area (Å²) in [6, 6.07) is 6.40. The van der Waals surface area contributed by atoms with Gasteiger partial charge < -0.3 is 15.0 Å². The van der Waals surface area contributed by atoms with E-state index in [0.29, 0.717) is 25.1 Å². The van der Waals surface area contributed by atoms with Gasteiger partial charge in [0.1, 0.15) is 17.3 Å². The molecule has 1 saturated heterocycles. The third-order valence-corrected chi connectivity index (χ3v) is 7.06. The number of aryl methyl sites for hydroxylation is 2. The summed E-state index contributed by atoms with van der Waals surface area (Å²) >= 11 is 0. The van der Waals surface area contributed by atoms with Crippen LogP contribution < -0.4 is 21.3 Å². The Balaban J connectivity index is 1.55. The van der Waals surface area contributed by atoms with Crippen LogP contribution in [0.3, 0.4) is 0 Å². The summed E-state index contributed by atoms with van der Waals surface area (Å²) in [4.78, 5) is 45.6. The van der Waals surface area contributed by atoms with Crippen LogP contribution in [0.15, 0.2) is 39.9 Å². The minimum atomic E-state index is -4.54. The van der Waals surface area contributed by atoms with Crippen molar-refractivity contribution in [1.82, 2.24) is 34.2 Å². The van der Waals surface area contributed by atoms with Crippen LogP contribution in [0, 0.1) is 5.92 Å². The Hall–Kier alpha value is -4.36. The minimum absolute atomic E-state index is 0.0915. The second-order valence-electron chi connectivity index (χ2n) is 10.1. The SMILES string of the molecule is CCCn1c(=O)c2[nH]c(-c3cc(OC(c4cccc(C(F)(F)F)c4)C4CNC(=O)C4)n(C)n3)nc2n(CCC)c1=O. The van der Waals surface area contributed by atoms with Crippen molar-refractivity contribution in [3.8, 4) is 17.4 Å². The Morgan fingerprint density at radius 3 is 2.49 bits per heavy atom. The summed E-state index contributed by atoms with van der Waals surface area (Å²) < 4.78 is 50.7. The van der Waals surface area contributed by atoms with Crippen molar-refractivity contribution in [3.05, 3.63) is 62.3 Å². The first-order chi connectivity index (χ1) is 19.5. The van der Waals surface area contributed by atoms with Crippen LogP contribution >= 0.6 is 0 Å². The summed E-state index contributed by atoms with van der Waals surface area (Å²) in [6.07, 6.45) is -4.08. The molecule has 0 radical (unpaired) electrons. The van der Waals surface area contributed by atoms with Crippen molar-refractivity contribution < 1.29 is 22.7 Å². The van der Waals surface area contributed by atoms with E-state index in [1.54, 1.807) is 13.1 Å². The summed E-state index contributed by atoms with van der Waals surface area (Å²) in [7, 11) is 1.60. The number of nitrogens with one attached hydrogen (secondary N) is 2. The Kier molecular flexibility index (Phi) is 7.49. The number of amides is 1. The normalized spacial score (nSPS) is 16.3. The lowest BCUT2D eigenvalue weighted by Crippen LogP contribution is -2.40. The Morgan fingerprint density at radius 1 is 1.10 bits per heavy atom.